The summed E-state index contributed by atoms with van der Waals surface area (Å²) >= 11 is 1.47. The number of thiazole rings is 1. The number of carbonyl (C=O) groups is 2. The Balaban J connectivity index is 1.83. The first kappa shape index (κ1) is 20.5. The number of carbonyl (C=O) groups excluding carboxylic acids is 2. The third kappa shape index (κ3) is 4.42. The summed E-state index contributed by atoms with van der Waals surface area (Å²) in [5.74, 6) is -0.363. The Labute approximate surface area is 170 Å². The number of hydrogen-bond donors (Lipinski definition) is 1. The maximum absolute atomic E-state index is 12.5. The summed E-state index contributed by atoms with van der Waals surface area (Å²) in [6.07, 6.45) is 1.82. The van der Waals surface area contributed by atoms with Gasteiger partial charge in [-0.25, -0.2) is 4.98 Å². The van der Waals surface area contributed by atoms with E-state index in [9.17, 15) is 9.59 Å². The molecule has 1 saturated heterocycles. The van der Waals surface area contributed by atoms with Crippen molar-refractivity contribution in [3.05, 3.63) is 39.9 Å². The molecule has 0 radical (unpaired) electrons. The molecule has 0 spiro atoms. The van der Waals surface area contributed by atoms with E-state index in [4.69, 9.17) is 10.7 Å². The molecule has 2 aromatic rings. The number of hydrogen-bond acceptors (Lipinski definition) is 5. The number of aromatic nitrogens is 1. The summed E-state index contributed by atoms with van der Waals surface area (Å²) < 4.78 is 0. The second-order valence-corrected chi connectivity index (χ2v) is 8.54. The molecule has 2 heterocycles. The molecule has 2 N–H and O–H groups in total. The van der Waals surface area contributed by atoms with Crippen LogP contribution in [0.2, 0.25) is 0 Å². The van der Waals surface area contributed by atoms with Crippen LogP contribution in [-0.4, -0.2) is 34.8 Å². The zero-order chi connectivity index (χ0) is 20.4. The van der Waals surface area contributed by atoms with Crippen molar-refractivity contribution in [3.8, 4) is 0 Å². The molecule has 3 rings (SSSR count). The quantitative estimate of drug-likeness (QED) is 0.834. The number of amides is 2. The number of piperidine rings is 1. The molecule has 0 bridgehead atoms. The Hall–Kier alpha value is -2.25. The Kier molecular flexibility index (Phi) is 6.15. The highest BCUT2D eigenvalue weighted by Gasteiger charge is 2.26. The second kappa shape index (κ2) is 8.41. The fourth-order valence-corrected chi connectivity index (χ4v) is 4.91. The number of likely N-dealkylation sites (tertiary alicyclic amines) is 1. The van der Waals surface area contributed by atoms with E-state index >= 15 is 0 Å². The molecule has 1 aromatic heterocycles. The highest BCUT2D eigenvalue weighted by atomic mass is 32.1. The zero-order valence-corrected chi connectivity index (χ0v) is 17.8. The number of nitrogens with zero attached hydrogens (tertiary/aromatic N) is 3. The average Bonchev–Trinajstić information content (AvgIpc) is 3.05. The minimum atomic E-state index is -0.225. The minimum Gasteiger partial charge on any atom is -0.369 e. The lowest BCUT2D eigenvalue weighted by atomic mass is 9.97. The van der Waals surface area contributed by atoms with Gasteiger partial charge in [0, 0.05) is 25.4 Å². The van der Waals surface area contributed by atoms with Gasteiger partial charge in [0.15, 0.2) is 5.13 Å². The first-order valence-corrected chi connectivity index (χ1v) is 10.5. The van der Waals surface area contributed by atoms with Crippen LogP contribution in [0.3, 0.4) is 0 Å². The van der Waals surface area contributed by atoms with E-state index in [-0.39, 0.29) is 17.7 Å². The van der Waals surface area contributed by atoms with Crippen LogP contribution >= 0.6 is 11.3 Å². The molecular weight excluding hydrogens is 372 g/mol. The van der Waals surface area contributed by atoms with Gasteiger partial charge in [0.05, 0.1) is 17.3 Å². The van der Waals surface area contributed by atoms with Crippen molar-refractivity contribution in [1.82, 2.24) is 9.88 Å². The monoisotopic (exact) mass is 400 g/mol. The Morgan fingerprint density at radius 1 is 1.29 bits per heavy atom. The highest BCUT2D eigenvalue weighted by Crippen LogP contribution is 2.34. The normalized spacial score (nSPS) is 17.5. The van der Waals surface area contributed by atoms with Crippen molar-refractivity contribution in [2.75, 3.05) is 18.0 Å². The van der Waals surface area contributed by atoms with E-state index in [0.29, 0.717) is 18.2 Å². The van der Waals surface area contributed by atoms with E-state index in [1.54, 1.807) is 11.8 Å². The van der Waals surface area contributed by atoms with Gasteiger partial charge in [-0.2, -0.15) is 0 Å². The lowest BCUT2D eigenvalue weighted by molar-refractivity contribution is -0.123. The average molecular weight is 401 g/mol. The Morgan fingerprint density at radius 2 is 1.96 bits per heavy atom. The largest absolute Gasteiger partial charge is 0.369 e. The summed E-state index contributed by atoms with van der Waals surface area (Å²) in [7, 11) is 0. The van der Waals surface area contributed by atoms with E-state index in [1.165, 1.54) is 16.9 Å². The van der Waals surface area contributed by atoms with Gasteiger partial charge in [0.1, 0.15) is 0 Å². The highest BCUT2D eigenvalue weighted by molar-refractivity contribution is 7.14. The summed E-state index contributed by atoms with van der Waals surface area (Å²) in [6, 6.07) is 4.18. The Morgan fingerprint density at radius 3 is 2.57 bits per heavy atom. The van der Waals surface area contributed by atoms with Crippen LogP contribution in [0.25, 0.3) is 0 Å². The second-order valence-electron chi connectivity index (χ2n) is 7.70. The van der Waals surface area contributed by atoms with Gasteiger partial charge < -0.3 is 5.73 Å². The van der Waals surface area contributed by atoms with Crippen molar-refractivity contribution in [2.45, 2.75) is 47.1 Å². The van der Waals surface area contributed by atoms with Gasteiger partial charge in [0.25, 0.3) is 0 Å². The number of rotatable bonds is 5. The van der Waals surface area contributed by atoms with Crippen LogP contribution in [0.15, 0.2) is 17.5 Å². The van der Waals surface area contributed by atoms with Crippen molar-refractivity contribution < 1.29 is 9.59 Å². The molecule has 0 aliphatic carbocycles. The minimum absolute atomic E-state index is 0.0530. The van der Waals surface area contributed by atoms with E-state index in [1.807, 2.05) is 19.2 Å². The Bertz CT molecular complexity index is 869. The first-order chi connectivity index (χ1) is 13.3. The van der Waals surface area contributed by atoms with Crippen LogP contribution in [0.1, 0.15) is 42.1 Å². The van der Waals surface area contributed by atoms with Crippen LogP contribution in [-0.2, 0) is 16.1 Å². The third-order valence-corrected chi connectivity index (χ3v) is 6.07. The molecule has 1 fully saturated rings. The van der Waals surface area contributed by atoms with Gasteiger partial charge in [-0.3, -0.25) is 19.4 Å². The number of anilines is 2. The maximum Gasteiger partial charge on any atom is 0.230 e. The lowest BCUT2D eigenvalue weighted by Crippen LogP contribution is -2.40. The fraction of sp³-hybridized carbons (Fsp3) is 0.476. The SMILES string of the molecule is CC(=O)N(c1nc(CN2CCC[C@H](C(N)=O)C2)cs1)c1c(C)cc(C)cc1C. The van der Waals surface area contributed by atoms with Crippen LogP contribution in [0.4, 0.5) is 10.8 Å². The molecular formula is C21H28N4O2S. The third-order valence-electron chi connectivity index (χ3n) is 5.20. The molecule has 1 aliphatic rings. The van der Waals surface area contributed by atoms with Gasteiger partial charge >= 0.3 is 0 Å². The van der Waals surface area contributed by atoms with E-state index < -0.39 is 0 Å². The summed E-state index contributed by atoms with van der Waals surface area (Å²) in [4.78, 5) is 32.7. The molecule has 1 aromatic carbocycles. The summed E-state index contributed by atoms with van der Waals surface area (Å²) in [5, 5.41) is 2.68. The van der Waals surface area contributed by atoms with Crippen molar-refractivity contribution in [1.29, 1.82) is 0 Å². The topological polar surface area (TPSA) is 79.5 Å². The van der Waals surface area contributed by atoms with Gasteiger partial charge in [-0.1, -0.05) is 17.7 Å². The van der Waals surface area contributed by atoms with Gasteiger partial charge in [-0.15, -0.1) is 11.3 Å². The molecule has 0 saturated carbocycles. The molecule has 0 unspecified atom stereocenters. The molecule has 7 heteroatoms. The zero-order valence-electron chi connectivity index (χ0n) is 17.0. The molecule has 1 aliphatic heterocycles. The molecule has 28 heavy (non-hydrogen) atoms. The number of nitrogens with two attached hydrogens (primary N) is 1. The molecule has 6 nitrogen and oxygen atoms in total. The van der Waals surface area contributed by atoms with Crippen LogP contribution < -0.4 is 10.6 Å². The number of aryl methyl sites for hydroxylation is 3. The van der Waals surface area contributed by atoms with Crippen molar-refractivity contribution in [3.63, 3.8) is 0 Å². The molecule has 2 amide bonds. The van der Waals surface area contributed by atoms with Crippen LogP contribution in [0.5, 0.6) is 0 Å². The number of primary amides is 1. The predicted octanol–water partition coefficient (Wildman–Crippen LogP) is 3.45. The summed E-state index contributed by atoms with van der Waals surface area (Å²) in [6.45, 7) is 9.95. The van der Waals surface area contributed by atoms with Crippen LogP contribution in [0, 0.1) is 26.7 Å². The predicted molar refractivity (Wildman–Crippen MR) is 113 cm³/mol. The van der Waals surface area contributed by atoms with Crippen molar-refractivity contribution in [2.24, 2.45) is 11.7 Å². The van der Waals surface area contributed by atoms with Crippen molar-refractivity contribution >= 4 is 34.0 Å². The van der Waals surface area contributed by atoms with Gasteiger partial charge in [-0.05, 0) is 51.3 Å². The first-order valence-electron chi connectivity index (χ1n) is 9.61. The molecule has 1 atom stereocenters. The smallest absolute Gasteiger partial charge is 0.230 e. The summed E-state index contributed by atoms with van der Waals surface area (Å²) in [5.41, 5.74) is 10.6. The lowest BCUT2D eigenvalue weighted by Gasteiger charge is -2.30. The fourth-order valence-electron chi connectivity index (χ4n) is 4.04. The number of benzene rings is 1. The van der Waals surface area contributed by atoms with E-state index in [0.717, 1.165) is 41.9 Å². The maximum atomic E-state index is 12.5. The standard InChI is InChI=1S/C21H28N4O2S/c1-13-8-14(2)19(15(3)9-13)25(16(4)26)21-23-18(12-28-21)11-24-7-5-6-17(10-24)20(22)27/h8-9,12,17H,5-7,10-11H2,1-4H3,(H2,22,27)/t17-/m0/s1. The van der Waals surface area contributed by atoms with Gasteiger partial charge in [0.2, 0.25) is 11.8 Å². The molecule has 150 valence electrons. The van der Waals surface area contributed by atoms with E-state index in [2.05, 4.69) is 24.0 Å².